The van der Waals surface area contributed by atoms with E-state index in [4.69, 9.17) is 4.74 Å². The van der Waals surface area contributed by atoms with Crippen LogP contribution in [0.2, 0.25) is 0 Å². The summed E-state index contributed by atoms with van der Waals surface area (Å²) in [7, 11) is 1.58. The van der Waals surface area contributed by atoms with Gasteiger partial charge in [0.05, 0.1) is 23.9 Å². The minimum atomic E-state index is -0.899. The molecule has 0 saturated carbocycles. The minimum Gasteiger partial charge on any atom is -0.456 e. The first-order valence-corrected chi connectivity index (χ1v) is 7.99. The Bertz CT molecular complexity index is 890. The van der Waals surface area contributed by atoms with Crippen molar-refractivity contribution in [3.8, 4) is 0 Å². The van der Waals surface area contributed by atoms with Gasteiger partial charge in [-0.15, -0.1) is 0 Å². The first kappa shape index (κ1) is 19.1. The highest BCUT2D eigenvalue weighted by Gasteiger charge is 2.13. The van der Waals surface area contributed by atoms with Crippen LogP contribution < -0.4 is 10.9 Å². The molecule has 26 heavy (non-hydrogen) atoms. The number of aryl methyl sites for hydroxylation is 1. The lowest BCUT2D eigenvalue weighted by Gasteiger charge is -2.09. The normalized spacial score (nSPS) is 10.4. The zero-order valence-corrected chi connectivity index (χ0v) is 14.5. The molecule has 0 atom stereocenters. The van der Waals surface area contributed by atoms with Crippen LogP contribution in [-0.4, -0.2) is 40.7 Å². The fourth-order valence-electron chi connectivity index (χ4n) is 2.24. The fraction of sp³-hybridized carbons (Fsp3) is 0.353. The van der Waals surface area contributed by atoms with Crippen molar-refractivity contribution >= 4 is 28.9 Å². The van der Waals surface area contributed by atoms with E-state index in [9.17, 15) is 19.2 Å². The van der Waals surface area contributed by atoms with Gasteiger partial charge in [0.15, 0.2) is 6.61 Å². The van der Waals surface area contributed by atoms with Gasteiger partial charge in [0, 0.05) is 13.5 Å². The molecule has 1 aromatic carbocycles. The number of amides is 2. The van der Waals surface area contributed by atoms with Crippen molar-refractivity contribution in [2.75, 3.05) is 13.2 Å². The molecule has 2 aromatic rings. The average Bonchev–Trinajstić information content (AvgIpc) is 2.62. The third-order valence-electron chi connectivity index (χ3n) is 3.51. The number of nitrogens with one attached hydrogen (secondary N) is 1. The summed E-state index contributed by atoms with van der Waals surface area (Å²) in [5.74, 6) is -0.999. The predicted molar refractivity (Wildman–Crippen MR) is 91.4 cm³/mol. The number of aromatic nitrogens is 2. The maximum Gasteiger partial charge on any atom is 0.413 e. The maximum atomic E-state index is 12.3. The van der Waals surface area contributed by atoms with Gasteiger partial charge in [-0.1, -0.05) is 12.1 Å². The van der Waals surface area contributed by atoms with Gasteiger partial charge < -0.3 is 9.47 Å². The van der Waals surface area contributed by atoms with Gasteiger partial charge in [-0.3, -0.25) is 24.3 Å². The van der Waals surface area contributed by atoms with Crippen molar-refractivity contribution in [2.45, 2.75) is 19.8 Å². The fourth-order valence-corrected chi connectivity index (χ4v) is 2.24. The smallest absolute Gasteiger partial charge is 0.413 e. The number of carbonyl (C=O) groups excluding carboxylic acids is 3. The molecule has 0 fully saturated rings. The number of para-hydroxylation sites is 1. The molecule has 0 radical (unpaired) electrons. The van der Waals surface area contributed by atoms with E-state index in [-0.39, 0.29) is 25.0 Å². The van der Waals surface area contributed by atoms with E-state index in [1.165, 1.54) is 4.57 Å². The molecule has 9 nitrogen and oxygen atoms in total. The third-order valence-corrected chi connectivity index (χ3v) is 3.51. The van der Waals surface area contributed by atoms with Crippen LogP contribution in [0.25, 0.3) is 10.9 Å². The van der Waals surface area contributed by atoms with Crippen molar-refractivity contribution in [3.63, 3.8) is 0 Å². The Labute approximate surface area is 148 Å². The highest BCUT2D eigenvalue weighted by atomic mass is 16.6. The summed E-state index contributed by atoms with van der Waals surface area (Å²) >= 11 is 0. The van der Waals surface area contributed by atoms with E-state index in [1.807, 2.05) is 5.32 Å². The Morgan fingerprint density at radius 3 is 2.65 bits per heavy atom. The second-order valence-corrected chi connectivity index (χ2v) is 5.34. The summed E-state index contributed by atoms with van der Waals surface area (Å²) in [6, 6.07) is 6.93. The van der Waals surface area contributed by atoms with Gasteiger partial charge in [0.2, 0.25) is 0 Å². The zero-order valence-electron chi connectivity index (χ0n) is 14.5. The van der Waals surface area contributed by atoms with Crippen molar-refractivity contribution in [2.24, 2.45) is 7.05 Å². The Kier molecular flexibility index (Phi) is 6.42. The van der Waals surface area contributed by atoms with Gasteiger partial charge in [0.25, 0.3) is 11.5 Å². The standard InChI is InChI=1S/C17H19N3O6/c1-3-25-17(24)19-14(21)10-26-15(22)9-8-13-18-12-7-5-4-6-11(12)16(23)20(13)2/h4-7H,3,8-10H2,1-2H3,(H,19,21,24). The molecule has 0 unspecified atom stereocenters. The van der Waals surface area contributed by atoms with Crippen LogP contribution in [0.5, 0.6) is 0 Å². The summed E-state index contributed by atoms with van der Waals surface area (Å²) in [6.45, 7) is 1.12. The van der Waals surface area contributed by atoms with E-state index < -0.39 is 24.6 Å². The molecule has 0 spiro atoms. The number of ether oxygens (including phenoxy) is 2. The number of fused-ring (bicyclic) bond motifs is 1. The highest BCUT2D eigenvalue weighted by molar-refractivity contribution is 5.93. The number of benzene rings is 1. The van der Waals surface area contributed by atoms with Crippen LogP contribution >= 0.6 is 0 Å². The average molecular weight is 361 g/mol. The lowest BCUT2D eigenvalue weighted by atomic mass is 10.2. The summed E-state index contributed by atoms with van der Waals surface area (Å²) in [5.41, 5.74) is 0.348. The van der Waals surface area contributed by atoms with E-state index in [2.05, 4.69) is 9.72 Å². The van der Waals surface area contributed by atoms with Crippen molar-refractivity contribution < 1.29 is 23.9 Å². The highest BCUT2D eigenvalue weighted by Crippen LogP contribution is 2.08. The Morgan fingerprint density at radius 1 is 1.19 bits per heavy atom. The Hall–Kier alpha value is -3.23. The monoisotopic (exact) mass is 361 g/mol. The number of imide groups is 1. The molecule has 1 heterocycles. The van der Waals surface area contributed by atoms with E-state index in [0.717, 1.165) is 0 Å². The first-order chi connectivity index (χ1) is 12.4. The van der Waals surface area contributed by atoms with Gasteiger partial charge >= 0.3 is 12.1 Å². The number of carbonyl (C=O) groups is 3. The molecule has 0 bridgehead atoms. The van der Waals surface area contributed by atoms with Crippen molar-refractivity contribution in [1.29, 1.82) is 0 Å². The number of nitrogens with zero attached hydrogens (tertiary/aromatic N) is 2. The number of alkyl carbamates (subject to hydrolysis) is 1. The molecule has 0 saturated heterocycles. The molecule has 138 valence electrons. The number of esters is 1. The molecule has 0 aliphatic rings. The molecule has 1 N–H and O–H groups in total. The molecule has 9 heteroatoms. The molecular weight excluding hydrogens is 342 g/mol. The van der Waals surface area contributed by atoms with Gasteiger partial charge in [-0.2, -0.15) is 0 Å². The molecule has 0 aliphatic carbocycles. The minimum absolute atomic E-state index is 0.0642. The predicted octanol–water partition coefficient (Wildman–Crippen LogP) is 0.682. The first-order valence-electron chi connectivity index (χ1n) is 7.99. The van der Waals surface area contributed by atoms with E-state index in [1.54, 1.807) is 38.2 Å². The quantitative estimate of drug-likeness (QED) is 0.752. The number of hydrogen-bond donors (Lipinski definition) is 1. The van der Waals surface area contributed by atoms with Gasteiger partial charge in [0.1, 0.15) is 5.82 Å². The van der Waals surface area contributed by atoms with Crippen LogP contribution in [0.1, 0.15) is 19.2 Å². The lowest BCUT2D eigenvalue weighted by Crippen LogP contribution is -2.34. The molecule has 2 amide bonds. The summed E-state index contributed by atoms with van der Waals surface area (Å²) in [4.78, 5) is 50.9. The Morgan fingerprint density at radius 2 is 1.92 bits per heavy atom. The molecule has 2 rings (SSSR count). The second kappa shape index (κ2) is 8.75. The zero-order chi connectivity index (χ0) is 19.1. The van der Waals surface area contributed by atoms with Crippen LogP contribution in [0.15, 0.2) is 29.1 Å². The molecule has 0 aliphatic heterocycles. The summed E-state index contributed by atoms with van der Waals surface area (Å²) < 4.78 is 10.7. The number of hydrogen-bond acceptors (Lipinski definition) is 7. The van der Waals surface area contributed by atoms with Gasteiger partial charge in [-0.05, 0) is 19.1 Å². The molecule has 1 aromatic heterocycles. The van der Waals surface area contributed by atoms with Crippen LogP contribution in [0, 0.1) is 0 Å². The van der Waals surface area contributed by atoms with Crippen molar-refractivity contribution in [3.05, 3.63) is 40.4 Å². The molecular formula is C17H19N3O6. The maximum absolute atomic E-state index is 12.3. The van der Waals surface area contributed by atoms with Crippen molar-refractivity contribution in [1.82, 2.24) is 14.9 Å². The largest absolute Gasteiger partial charge is 0.456 e. The lowest BCUT2D eigenvalue weighted by molar-refractivity contribution is -0.148. The third kappa shape index (κ3) is 4.88. The van der Waals surface area contributed by atoms with Crippen LogP contribution in [0.4, 0.5) is 4.79 Å². The Balaban J connectivity index is 1.91. The van der Waals surface area contributed by atoms with Gasteiger partial charge in [-0.25, -0.2) is 9.78 Å². The van der Waals surface area contributed by atoms with Crippen LogP contribution in [-0.2, 0) is 32.5 Å². The van der Waals surface area contributed by atoms with E-state index >= 15 is 0 Å². The second-order valence-electron chi connectivity index (χ2n) is 5.34. The summed E-state index contributed by atoms with van der Waals surface area (Å²) in [6.07, 6.45) is -0.788. The van der Waals surface area contributed by atoms with E-state index in [0.29, 0.717) is 16.7 Å². The SMILES string of the molecule is CCOC(=O)NC(=O)COC(=O)CCc1nc2ccccc2c(=O)n1C. The number of rotatable bonds is 6. The topological polar surface area (TPSA) is 117 Å². The van der Waals surface area contributed by atoms with Crippen LogP contribution in [0.3, 0.4) is 0 Å². The summed E-state index contributed by atoms with van der Waals surface area (Å²) in [5, 5.41) is 2.41.